The minimum Gasteiger partial charge on any atom is -0.504 e. The molecule has 0 fully saturated rings. The van der Waals surface area contributed by atoms with Crippen LogP contribution in [0.25, 0.3) is 29.1 Å². The zero-order valence-electron chi connectivity index (χ0n) is 14.9. The highest BCUT2D eigenvalue weighted by atomic mass is 16.3. The lowest BCUT2D eigenvalue weighted by atomic mass is 10.1. The zero-order chi connectivity index (χ0) is 19.5. The van der Waals surface area contributed by atoms with Gasteiger partial charge >= 0.3 is 0 Å². The van der Waals surface area contributed by atoms with E-state index in [-0.39, 0.29) is 17.4 Å². The van der Waals surface area contributed by atoms with Crippen LogP contribution in [0.2, 0.25) is 0 Å². The Kier molecular flexibility index (Phi) is 4.56. The van der Waals surface area contributed by atoms with E-state index in [9.17, 15) is 15.3 Å². The summed E-state index contributed by atoms with van der Waals surface area (Å²) >= 11 is 0. The Morgan fingerprint density at radius 1 is 0.679 bits per heavy atom. The van der Waals surface area contributed by atoms with Crippen molar-refractivity contribution in [1.82, 2.24) is 9.78 Å². The molecule has 1 aromatic heterocycles. The Hall–Kier alpha value is -3.99. The molecule has 0 saturated heterocycles. The number of aromatic hydroxyl groups is 3. The summed E-state index contributed by atoms with van der Waals surface area (Å²) in [6.07, 6.45) is 3.76. The van der Waals surface area contributed by atoms with Crippen molar-refractivity contribution in [3.8, 4) is 34.3 Å². The zero-order valence-corrected chi connectivity index (χ0v) is 14.9. The largest absolute Gasteiger partial charge is 0.504 e. The number of benzene rings is 3. The van der Waals surface area contributed by atoms with Crippen LogP contribution >= 0.6 is 0 Å². The third-order valence-electron chi connectivity index (χ3n) is 4.37. The maximum absolute atomic E-state index is 10.2. The van der Waals surface area contributed by atoms with Gasteiger partial charge in [-0.05, 0) is 35.4 Å². The van der Waals surface area contributed by atoms with Crippen molar-refractivity contribution in [2.75, 3.05) is 0 Å². The molecule has 4 aromatic rings. The van der Waals surface area contributed by atoms with Crippen LogP contribution in [0, 0.1) is 0 Å². The maximum Gasteiger partial charge on any atom is 0.214 e. The highest BCUT2D eigenvalue weighted by Gasteiger charge is 2.09. The molecule has 5 nitrogen and oxygen atoms in total. The molecule has 0 bridgehead atoms. The van der Waals surface area contributed by atoms with E-state index in [0.29, 0.717) is 5.69 Å². The van der Waals surface area contributed by atoms with Gasteiger partial charge in [-0.15, -0.1) is 0 Å². The van der Waals surface area contributed by atoms with Crippen molar-refractivity contribution in [1.29, 1.82) is 0 Å². The molecule has 0 amide bonds. The summed E-state index contributed by atoms with van der Waals surface area (Å²) in [6, 6.07) is 23.5. The molecular formula is C23H18N2O3. The van der Waals surface area contributed by atoms with E-state index in [4.69, 9.17) is 0 Å². The second-order valence-corrected chi connectivity index (χ2v) is 6.34. The first-order valence-electron chi connectivity index (χ1n) is 8.75. The second kappa shape index (κ2) is 7.32. The molecule has 28 heavy (non-hydrogen) atoms. The summed E-state index contributed by atoms with van der Waals surface area (Å²) in [5.41, 5.74) is 4.13. The van der Waals surface area contributed by atoms with Gasteiger partial charge in [-0.1, -0.05) is 60.7 Å². The molecule has 138 valence electrons. The fraction of sp³-hybridized carbons (Fsp3) is 0. The Morgan fingerprint density at radius 2 is 1.36 bits per heavy atom. The summed E-state index contributed by atoms with van der Waals surface area (Å²) in [5, 5.41) is 33.6. The van der Waals surface area contributed by atoms with Gasteiger partial charge in [-0.2, -0.15) is 5.10 Å². The number of rotatable bonds is 4. The first-order valence-corrected chi connectivity index (χ1v) is 8.75. The predicted octanol–water partition coefficient (Wildman–Crippen LogP) is 4.83. The maximum atomic E-state index is 10.2. The molecule has 0 aliphatic carbocycles. The van der Waals surface area contributed by atoms with Crippen LogP contribution in [0.5, 0.6) is 17.4 Å². The average Bonchev–Trinajstić information content (AvgIpc) is 3.11. The van der Waals surface area contributed by atoms with Gasteiger partial charge in [0, 0.05) is 11.6 Å². The molecule has 0 atom stereocenters. The summed E-state index contributed by atoms with van der Waals surface area (Å²) < 4.78 is 1.50. The molecule has 1 heterocycles. The summed E-state index contributed by atoms with van der Waals surface area (Å²) in [5.74, 6) is -0.205. The summed E-state index contributed by atoms with van der Waals surface area (Å²) in [7, 11) is 0. The van der Waals surface area contributed by atoms with E-state index in [1.807, 2.05) is 66.7 Å². The van der Waals surface area contributed by atoms with E-state index in [1.54, 1.807) is 12.1 Å². The molecule has 0 spiro atoms. The summed E-state index contributed by atoms with van der Waals surface area (Å²) in [6.45, 7) is 0. The first-order chi connectivity index (χ1) is 13.6. The molecular weight excluding hydrogens is 352 g/mol. The molecule has 0 radical (unpaired) electrons. The quantitative estimate of drug-likeness (QED) is 0.355. The molecule has 5 heteroatoms. The standard InChI is InChI=1S/C23H18N2O3/c26-21-13-10-17(14-22(21)27)7-6-16-8-11-18(12-9-16)20-15-23(28)25(24-20)19-4-2-1-3-5-19/h1-15,26-28H/b7-6+. The number of phenols is 2. The van der Waals surface area contributed by atoms with Gasteiger partial charge in [-0.25, -0.2) is 4.68 Å². The third kappa shape index (κ3) is 3.59. The highest BCUT2D eigenvalue weighted by molar-refractivity contribution is 5.72. The predicted molar refractivity (Wildman–Crippen MR) is 109 cm³/mol. The lowest BCUT2D eigenvalue weighted by molar-refractivity contribution is 0.403. The van der Waals surface area contributed by atoms with E-state index in [2.05, 4.69) is 5.10 Å². The molecule has 0 unspecified atom stereocenters. The van der Waals surface area contributed by atoms with Crippen LogP contribution < -0.4 is 0 Å². The van der Waals surface area contributed by atoms with Crippen LogP contribution in [0.15, 0.2) is 78.9 Å². The fourth-order valence-corrected chi connectivity index (χ4v) is 2.87. The second-order valence-electron chi connectivity index (χ2n) is 6.34. The minimum absolute atomic E-state index is 0.0808. The third-order valence-corrected chi connectivity index (χ3v) is 4.37. The lowest BCUT2D eigenvalue weighted by Crippen LogP contribution is -1.95. The number of para-hydroxylation sites is 1. The Labute approximate surface area is 162 Å². The summed E-state index contributed by atoms with van der Waals surface area (Å²) in [4.78, 5) is 0. The lowest BCUT2D eigenvalue weighted by Gasteiger charge is -2.02. The van der Waals surface area contributed by atoms with Gasteiger partial charge in [0.05, 0.1) is 11.4 Å². The van der Waals surface area contributed by atoms with Gasteiger partial charge < -0.3 is 15.3 Å². The van der Waals surface area contributed by atoms with E-state index >= 15 is 0 Å². The Balaban J connectivity index is 1.55. The van der Waals surface area contributed by atoms with Gasteiger partial charge in [0.25, 0.3) is 0 Å². The monoisotopic (exact) mass is 370 g/mol. The topological polar surface area (TPSA) is 78.5 Å². The molecule has 3 N–H and O–H groups in total. The van der Waals surface area contributed by atoms with Crippen molar-refractivity contribution in [3.05, 3.63) is 90.0 Å². The van der Waals surface area contributed by atoms with Crippen molar-refractivity contribution in [2.45, 2.75) is 0 Å². The fourth-order valence-electron chi connectivity index (χ4n) is 2.87. The number of hydrogen-bond acceptors (Lipinski definition) is 4. The molecule has 0 aliphatic heterocycles. The molecule has 4 rings (SSSR count). The smallest absolute Gasteiger partial charge is 0.214 e. The average molecular weight is 370 g/mol. The van der Waals surface area contributed by atoms with E-state index < -0.39 is 0 Å². The van der Waals surface area contributed by atoms with Crippen molar-refractivity contribution in [2.24, 2.45) is 0 Å². The van der Waals surface area contributed by atoms with E-state index in [1.165, 1.54) is 16.8 Å². The van der Waals surface area contributed by atoms with Gasteiger partial charge in [0.1, 0.15) is 0 Å². The SMILES string of the molecule is Oc1ccc(/C=C/c2ccc(-c3cc(O)n(-c4ccccc4)n3)cc2)cc1O. The highest BCUT2D eigenvalue weighted by Crippen LogP contribution is 2.27. The van der Waals surface area contributed by atoms with Crippen LogP contribution in [0.3, 0.4) is 0 Å². The molecule has 3 aromatic carbocycles. The first kappa shape index (κ1) is 17.4. The van der Waals surface area contributed by atoms with Crippen LogP contribution in [-0.4, -0.2) is 25.1 Å². The van der Waals surface area contributed by atoms with Gasteiger partial charge in [0.2, 0.25) is 5.88 Å². The normalized spacial score (nSPS) is 11.1. The van der Waals surface area contributed by atoms with Crippen molar-refractivity contribution >= 4 is 12.2 Å². The Bertz CT molecular complexity index is 1130. The molecule has 0 aliphatic rings. The number of phenolic OH excluding ortho intramolecular Hbond substituents is 2. The Morgan fingerprint density at radius 3 is 2.07 bits per heavy atom. The number of hydrogen-bond donors (Lipinski definition) is 3. The minimum atomic E-state index is -0.147. The van der Waals surface area contributed by atoms with Crippen LogP contribution in [-0.2, 0) is 0 Å². The van der Waals surface area contributed by atoms with Crippen LogP contribution in [0.1, 0.15) is 11.1 Å². The number of aromatic nitrogens is 2. The van der Waals surface area contributed by atoms with Gasteiger partial charge in [-0.3, -0.25) is 0 Å². The van der Waals surface area contributed by atoms with Crippen LogP contribution in [0.4, 0.5) is 0 Å². The molecule has 0 saturated carbocycles. The number of nitrogens with zero attached hydrogens (tertiary/aromatic N) is 2. The van der Waals surface area contributed by atoms with Gasteiger partial charge in [0.15, 0.2) is 11.5 Å². The van der Waals surface area contributed by atoms with Crippen molar-refractivity contribution in [3.63, 3.8) is 0 Å². The van der Waals surface area contributed by atoms with E-state index in [0.717, 1.165) is 22.4 Å². The van der Waals surface area contributed by atoms with Crippen molar-refractivity contribution < 1.29 is 15.3 Å².